The predicted octanol–water partition coefficient (Wildman–Crippen LogP) is 1.17. The van der Waals surface area contributed by atoms with Crippen molar-refractivity contribution in [2.75, 3.05) is 0 Å². The summed E-state index contributed by atoms with van der Waals surface area (Å²) in [5, 5.41) is 4.55. The van der Waals surface area contributed by atoms with Gasteiger partial charge >= 0.3 is 5.69 Å². The maximum absolute atomic E-state index is 13.1. The Bertz CT molecular complexity index is 1250. The monoisotopic (exact) mass is 384 g/mol. The molecule has 0 aliphatic rings. The van der Waals surface area contributed by atoms with Crippen molar-refractivity contribution >= 4 is 16.9 Å². The summed E-state index contributed by atoms with van der Waals surface area (Å²) in [6.07, 6.45) is 0. The number of aromatic nitrogens is 6. The SMILES string of the molecule is C=C(C)Cn1c(-n2nc(C)c(C)c2C)nc2c1c(=O)n(CC(C)=O)c(=O)n2C. The molecule has 9 heteroatoms. The van der Waals surface area contributed by atoms with Crippen molar-refractivity contribution in [2.45, 2.75) is 47.7 Å². The van der Waals surface area contributed by atoms with E-state index < -0.39 is 11.2 Å². The van der Waals surface area contributed by atoms with Crippen molar-refractivity contribution < 1.29 is 4.79 Å². The van der Waals surface area contributed by atoms with Crippen molar-refractivity contribution in [2.24, 2.45) is 7.05 Å². The summed E-state index contributed by atoms with van der Waals surface area (Å²) >= 11 is 0. The minimum Gasteiger partial charge on any atom is -0.298 e. The van der Waals surface area contributed by atoms with Crippen molar-refractivity contribution in [3.8, 4) is 5.95 Å². The molecule has 0 saturated heterocycles. The van der Waals surface area contributed by atoms with Crippen molar-refractivity contribution in [1.29, 1.82) is 0 Å². The Hall–Kier alpha value is -3.23. The zero-order chi connectivity index (χ0) is 20.9. The first-order valence-corrected chi connectivity index (χ1v) is 8.91. The Labute approximate surface area is 161 Å². The lowest BCUT2D eigenvalue weighted by Crippen LogP contribution is -2.41. The van der Waals surface area contributed by atoms with Crippen LogP contribution in [0.5, 0.6) is 0 Å². The Morgan fingerprint density at radius 3 is 2.21 bits per heavy atom. The number of imidazole rings is 1. The number of rotatable bonds is 5. The summed E-state index contributed by atoms with van der Waals surface area (Å²) in [6, 6.07) is 0. The normalized spacial score (nSPS) is 11.4. The second-order valence-corrected chi connectivity index (χ2v) is 7.27. The maximum Gasteiger partial charge on any atom is 0.332 e. The van der Waals surface area contributed by atoms with Crippen LogP contribution in [-0.2, 0) is 24.9 Å². The molecule has 0 unspecified atom stereocenters. The summed E-state index contributed by atoms with van der Waals surface area (Å²) in [7, 11) is 1.54. The molecular weight excluding hydrogens is 360 g/mol. The highest BCUT2D eigenvalue weighted by atomic mass is 16.2. The van der Waals surface area contributed by atoms with Gasteiger partial charge in [-0.05, 0) is 40.2 Å². The number of hydrogen-bond donors (Lipinski definition) is 0. The standard InChI is InChI=1S/C19H24N6O3/c1-10(2)8-23-15-16(20-18(23)25-14(6)12(4)13(5)21-25)22(7)19(28)24(17(15)27)9-11(3)26/h1,8-9H2,2-7H3. The van der Waals surface area contributed by atoms with Gasteiger partial charge < -0.3 is 0 Å². The number of nitrogens with zero attached hydrogens (tertiary/aromatic N) is 6. The van der Waals surface area contributed by atoms with E-state index in [2.05, 4.69) is 16.7 Å². The summed E-state index contributed by atoms with van der Waals surface area (Å²) in [5.41, 5.74) is 2.94. The molecule has 3 heterocycles. The summed E-state index contributed by atoms with van der Waals surface area (Å²) in [5.74, 6) is 0.151. The highest BCUT2D eigenvalue weighted by Gasteiger charge is 2.23. The number of carbonyl (C=O) groups is 1. The van der Waals surface area contributed by atoms with Gasteiger partial charge in [-0.15, -0.1) is 0 Å². The molecule has 0 amide bonds. The number of ketones is 1. The molecule has 0 radical (unpaired) electrons. The number of allylic oxidation sites excluding steroid dienone is 1. The number of hydrogen-bond acceptors (Lipinski definition) is 5. The van der Waals surface area contributed by atoms with E-state index in [-0.39, 0.29) is 23.5 Å². The molecular formula is C19H24N6O3. The van der Waals surface area contributed by atoms with Crippen LogP contribution in [-0.4, -0.2) is 34.2 Å². The highest BCUT2D eigenvalue weighted by molar-refractivity contribution is 5.76. The van der Waals surface area contributed by atoms with E-state index in [1.54, 1.807) is 9.25 Å². The molecule has 148 valence electrons. The lowest BCUT2D eigenvalue weighted by atomic mass is 10.2. The molecule has 3 aromatic heterocycles. The molecule has 3 aromatic rings. The first-order valence-electron chi connectivity index (χ1n) is 8.91. The minimum absolute atomic E-state index is 0.242. The smallest absolute Gasteiger partial charge is 0.298 e. The predicted molar refractivity (Wildman–Crippen MR) is 106 cm³/mol. The zero-order valence-electron chi connectivity index (χ0n) is 17.0. The highest BCUT2D eigenvalue weighted by Crippen LogP contribution is 2.20. The third-order valence-corrected chi connectivity index (χ3v) is 4.86. The van der Waals surface area contributed by atoms with Crippen LogP contribution in [0, 0.1) is 20.8 Å². The second-order valence-electron chi connectivity index (χ2n) is 7.27. The average Bonchev–Trinajstić information content (AvgIpc) is 3.09. The maximum atomic E-state index is 13.1. The number of aryl methyl sites for hydroxylation is 2. The first-order chi connectivity index (χ1) is 13.0. The first kappa shape index (κ1) is 19.5. The minimum atomic E-state index is -0.580. The van der Waals surface area contributed by atoms with Crippen LogP contribution in [0.1, 0.15) is 30.8 Å². The summed E-state index contributed by atoms with van der Waals surface area (Å²) < 4.78 is 5.61. The van der Waals surface area contributed by atoms with Gasteiger partial charge in [-0.1, -0.05) is 12.2 Å². The molecule has 0 bridgehead atoms. The number of Topliss-reactive ketones (excluding diaryl/α,β-unsaturated/α-hetero) is 1. The molecule has 3 rings (SSSR count). The Kier molecular flexibility index (Phi) is 4.70. The fourth-order valence-electron chi connectivity index (χ4n) is 3.22. The Morgan fingerprint density at radius 1 is 1.07 bits per heavy atom. The van der Waals surface area contributed by atoms with Crippen LogP contribution < -0.4 is 11.2 Å². The van der Waals surface area contributed by atoms with E-state index in [0.29, 0.717) is 12.5 Å². The fourth-order valence-corrected chi connectivity index (χ4v) is 3.22. The molecule has 9 nitrogen and oxygen atoms in total. The van der Waals surface area contributed by atoms with E-state index in [1.165, 1.54) is 18.5 Å². The topological polar surface area (TPSA) is 96.7 Å². The van der Waals surface area contributed by atoms with Gasteiger partial charge in [-0.3, -0.25) is 23.3 Å². The van der Waals surface area contributed by atoms with Gasteiger partial charge in [0.1, 0.15) is 5.78 Å². The van der Waals surface area contributed by atoms with E-state index in [9.17, 15) is 14.4 Å². The molecule has 0 spiro atoms. The molecule has 0 aliphatic carbocycles. The molecule has 0 aromatic carbocycles. The van der Waals surface area contributed by atoms with Crippen molar-refractivity contribution in [1.82, 2.24) is 28.5 Å². The molecule has 28 heavy (non-hydrogen) atoms. The van der Waals surface area contributed by atoms with Crippen molar-refractivity contribution in [3.63, 3.8) is 0 Å². The average molecular weight is 384 g/mol. The van der Waals surface area contributed by atoms with Gasteiger partial charge in [0.25, 0.3) is 5.56 Å². The largest absolute Gasteiger partial charge is 0.332 e. The van der Waals surface area contributed by atoms with Crippen LogP contribution in [0.3, 0.4) is 0 Å². The third kappa shape index (κ3) is 2.92. The van der Waals surface area contributed by atoms with Crippen LogP contribution >= 0.6 is 0 Å². The van der Waals surface area contributed by atoms with Gasteiger partial charge in [-0.25, -0.2) is 9.48 Å². The van der Waals surface area contributed by atoms with Gasteiger partial charge in [0.15, 0.2) is 11.2 Å². The second kappa shape index (κ2) is 6.74. The van der Waals surface area contributed by atoms with Gasteiger partial charge in [0.2, 0.25) is 5.95 Å². The van der Waals surface area contributed by atoms with E-state index in [4.69, 9.17) is 0 Å². The van der Waals surface area contributed by atoms with Crippen molar-refractivity contribution in [3.05, 3.63) is 49.9 Å². The fraction of sp³-hybridized carbons (Fsp3) is 0.421. The third-order valence-electron chi connectivity index (χ3n) is 4.86. The zero-order valence-corrected chi connectivity index (χ0v) is 17.0. The van der Waals surface area contributed by atoms with Crippen LogP contribution in [0.15, 0.2) is 21.7 Å². The lowest BCUT2D eigenvalue weighted by Gasteiger charge is -2.11. The van der Waals surface area contributed by atoms with E-state index in [0.717, 1.165) is 27.1 Å². The van der Waals surface area contributed by atoms with Gasteiger partial charge in [0, 0.05) is 19.3 Å². The van der Waals surface area contributed by atoms with Gasteiger partial charge in [0.05, 0.1) is 12.2 Å². The van der Waals surface area contributed by atoms with E-state index in [1.807, 2.05) is 27.7 Å². The molecule has 0 saturated carbocycles. The lowest BCUT2D eigenvalue weighted by molar-refractivity contribution is -0.117. The molecule has 0 fully saturated rings. The molecule has 0 atom stereocenters. The molecule has 0 aliphatic heterocycles. The summed E-state index contributed by atoms with van der Waals surface area (Å²) in [6.45, 7) is 13.0. The van der Waals surface area contributed by atoms with Gasteiger partial charge in [-0.2, -0.15) is 10.1 Å². The van der Waals surface area contributed by atoms with Crippen LogP contribution in [0.25, 0.3) is 17.1 Å². The summed E-state index contributed by atoms with van der Waals surface area (Å²) in [4.78, 5) is 41.9. The van der Waals surface area contributed by atoms with Crippen LogP contribution in [0.4, 0.5) is 0 Å². The molecule has 0 N–H and O–H groups in total. The quantitative estimate of drug-likeness (QED) is 0.615. The number of carbonyl (C=O) groups excluding carboxylic acids is 1. The Balaban J connectivity index is 2.48. The van der Waals surface area contributed by atoms with Crippen LogP contribution in [0.2, 0.25) is 0 Å². The van der Waals surface area contributed by atoms with E-state index >= 15 is 0 Å². The Morgan fingerprint density at radius 2 is 1.71 bits per heavy atom. The number of fused-ring (bicyclic) bond motifs is 1.